The van der Waals surface area contributed by atoms with Gasteiger partial charge in [0.1, 0.15) is 0 Å². The Hall–Kier alpha value is -1.90. The molecule has 2 aromatic rings. The minimum atomic E-state index is 0.575. The van der Waals surface area contributed by atoms with E-state index in [0.29, 0.717) is 17.1 Å². The van der Waals surface area contributed by atoms with Crippen molar-refractivity contribution in [3.05, 3.63) is 46.7 Å². The highest BCUT2D eigenvalue weighted by Crippen LogP contribution is 2.17. The lowest BCUT2D eigenvalue weighted by molar-refractivity contribution is 0.540. The van der Waals surface area contributed by atoms with E-state index in [1.165, 1.54) is 0 Å². The highest BCUT2D eigenvalue weighted by atomic mass is 35.5. The lowest BCUT2D eigenvalue weighted by atomic mass is 10.1. The van der Waals surface area contributed by atoms with Gasteiger partial charge in [-0.15, -0.1) is 5.10 Å². The van der Waals surface area contributed by atoms with Gasteiger partial charge in [-0.05, 0) is 17.7 Å². The summed E-state index contributed by atoms with van der Waals surface area (Å²) in [6.45, 7) is 2.20. The van der Waals surface area contributed by atoms with Crippen molar-refractivity contribution in [2.24, 2.45) is 0 Å². The molecule has 0 bridgehead atoms. The molecular formula is C12H12ClN5. The number of nitrogens with zero attached hydrogens (tertiary/aromatic N) is 4. The zero-order chi connectivity index (χ0) is 12.8. The van der Waals surface area contributed by atoms with Gasteiger partial charge in [0.15, 0.2) is 0 Å². The fourth-order valence-electron chi connectivity index (χ4n) is 1.53. The van der Waals surface area contributed by atoms with E-state index in [4.69, 9.17) is 16.9 Å². The molecule has 1 heterocycles. The Morgan fingerprint density at radius 3 is 3.00 bits per heavy atom. The highest BCUT2D eigenvalue weighted by Gasteiger charge is 2.01. The van der Waals surface area contributed by atoms with Gasteiger partial charge in [0, 0.05) is 24.3 Å². The van der Waals surface area contributed by atoms with E-state index in [9.17, 15) is 0 Å². The van der Waals surface area contributed by atoms with E-state index >= 15 is 0 Å². The molecule has 0 aliphatic rings. The molecule has 6 heteroatoms. The predicted octanol–water partition coefficient (Wildman–Crippen LogP) is 1.59. The van der Waals surface area contributed by atoms with Crippen molar-refractivity contribution in [2.75, 3.05) is 6.54 Å². The van der Waals surface area contributed by atoms with Crippen molar-refractivity contribution in [1.82, 2.24) is 20.3 Å². The van der Waals surface area contributed by atoms with Crippen LogP contribution in [0.25, 0.3) is 0 Å². The quantitative estimate of drug-likeness (QED) is 0.830. The van der Waals surface area contributed by atoms with E-state index in [1.807, 2.05) is 12.3 Å². The number of nitrogens with one attached hydrogen (secondary N) is 1. The number of benzene rings is 1. The van der Waals surface area contributed by atoms with Crippen molar-refractivity contribution >= 4 is 11.6 Å². The third kappa shape index (κ3) is 3.29. The molecule has 1 aromatic heterocycles. The maximum Gasteiger partial charge on any atom is 0.0992 e. The maximum atomic E-state index is 8.73. The summed E-state index contributed by atoms with van der Waals surface area (Å²) in [5.74, 6) is 0. The van der Waals surface area contributed by atoms with Gasteiger partial charge in [0.25, 0.3) is 0 Å². The highest BCUT2D eigenvalue weighted by molar-refractivity contribution is 6.31. The molecule has 1 N–H and O–H groups in total. The van der Waals surface area contributed by atoms with Gasteiger partial charge in [-0.1, -0.05) is 22.9 Å². The smallest absolute Gasteiger partial charge is 0.0992 e. The summed E-state index contributed by atoms with van der Waals surface area (Å²) in [6, 6.07) is 7.36. The van der Waals surface area contributed by atoms with E-state index < -0.39 is 0 Å². The Morgan fingerprint density at radius 1 is 1.44 bits per heavy atom. The molecule has 0 saturated carbocycles. The van der Waals surface area contributed by atoms with Crippen molar-refractivity contribution < 1.29 is 0 Å². The number of hydrogen-bond acceptors (Lipinski definition) is 4. The standard InChI is InChI=1S/C12H12ClN5/c13-12-7-10(8-14)1-2-11(12)9-15-3-5-18-6-4-16-17-18/h1-2,4,6-7,15H,3,5,9H2. The van der Waals surface area contributed by atoms with Crippen LogP contribution >= 0.6 is 11.6 Å². The van der Waals surface area contributed by atoms with E-state index in [2.05, 4.69) is 21.7 Å². The second-order valence-corrected chi connectivity index (χ2v) is 4.17. The van der Waals surface area contributed by atoms with E-state index in [1.54, 1.807) is 23.0 Å². The maximum absolute atomic E-state index is 8.73. The Bertz CT molecular complexity index is 544. The summed E-state index contributed by atoms with van der Waals surface area (Å²) >= 11 is 6.07. The third-order valence-corrected chi connectivity index (χ3v) is 2.84. The average Bonchev–Trinajstić information content (AvgIpc) is 2.89. The predicted molar refractivity (Wildman–Crippen MR) is 67.9 cm³/mol. The Kier molecular flexibility index (Phi) is 4.29. The summed E-state index contributed by atoms with van der Waals surface area (Å²) in [7, 11) is 0. The Labute approximate surface area is 110 Å². The SMILES string of the molecule is N#Cc1ccc(CNCCn2ccnn2)c(Cl)c1. The zero-order valence-electron chi connectivity index (χ0n) is 9.67. The van der Waals surface area contributed by atoms with Gasteiger partial charge < -0.3 is 5.32 Å². The van der Waals surface area contributed by atoms with Crippen LogP contribution in [0.5, 0.6) is 0 Å². The first-order valence-corrected chi connectivity index (χ1v) is 5.91. The Balaban J connectivity index is 1.82. The number of aromatic nitrogens is 3. The van der Waals surface area contributed by atoms with Crippen molar-refractivity contribution in [2.45, 2.75) is 13.1 Å². The van der Waals surface area contributed by atoms with Crippen molar-refractivity contribution in [3.63, 3.8) is 0 Å². The molecule has 0 atom stereocenters. The molecule has 0 aliphatic carbocycles. The van der Waals surface area contributed by atoms with E-state index in [0.717, 1.165) is 18.7 Å². The molecule has 0 spiro atoms. The first-order chi connectivity index (χ1) is 8.79. The molecule has 92 valence electrons. The largest absolute Gasteiger partial charge is 0.311 e. The number of rotatable bonds is 5. The van der Waals surface area contributed by atoms with Crippen LogP contribution in [0.1, 0.15) is 11.1 Å². The van der Waals surface area contributed by atoms with Crippen LogP contribution in [0.3, 0.4) is 0 Å². The number of nitriles is 1. The molecular weight excluding hydrogens is 250 g/mol. The molecule has 0 amide bonds. The number of halogens is 1. The van der Waals surface area contributed by atoms with Crippen LogP contribution in [0, 0.1) is 11.3 Å². The summed E-state index contributed by atoms with van der Waals surface area (Å²) in [6.07, 6.45) is 3.47. The van der Waals surface area contributed by atoms with Crippen LogP contribution in [0.2, 0.25) is 5.02 Å². The van der Waals surface area contributed by atoms with Gasteiger partial charge in [-0.2, -0.15) is 5.26 Å². The van der Waals surface area contributed by atoms with Crippen LogP contribution in [0.4, 0.5) is 0 Å². The fourth-order valence-corrected chi connectivity index (χ4v) is 1.78. The molecule has 0 radical (unpaired) electrons. The molecule has 0 saturated heterocycles. The summed E-state index contributed by atoms with van der Waals surface area (Å²) < 4.78 is 1.76. The molecule has 0 fully saturated rings. The summed E-state index contributed by atoms with van der Waals surface area (Å²) in [4.78, 5) is 0. The minimum Gasteiger partial charge on any atom is -0.311 e. The van der Waals surface area contributed by atoms with E-state index in [-0.39, 0.29) is 0 Å². The van der Waals surface area contributed by atoms with Crippen LogP contribution in [-0.2, 0) is 13.1 Å². The molecule has 0 aliphatic heterocycles. The average molecular weight is 262 g/mol. The first-order valence-electron chi connectivity index (χ1n) is 5.53. The molecule has 0 unspecified atom stereocenters. The number of hydrogen-bond donors (Lipinski definition) is 1. The third-order valence-electron chi connectivity index (χ3n) is 2.49. The molecule has 18 heavy (non-hydrogen) atoms. The van der Waals surface area contributed by atoms with Crippen molar-refractivity contribution in [1.29, 1.82) is 5.26 Å². The Morgan fingerprint density at radius 2 is 2.33 bits per heavy atom. The summed E-state index contributed by atoms with van der Waals surface area (Å²) in [5.41, 5.74) is 1.56. The molecule has 2 rings (SSSR count). The monoisotopic (exact) mass is 261 g/mol. The van der Waals surface area contributed by atoms with Gasteiger partial charge in [-0.25, -0.2) is 0 Å². The lowest BCUT2D eigenvalue weighted by Crippen LogP contribution is -2.20. The molecule has 1 aromatic carbocycles. The molecule has 5 nitrogen and oxygen atoms in total. The normalized spacial score (nSPS) is 10.2. The first kappa shape index (κ1) is 12.6. The second kappa shape index (κ2) is 6.15. The summed E-state index contributed by atoms with van der Waals surface area (Å²) in [5, 5.41) is 20.2. The van der Waals surface area contributed by atoms with Gasteiger partial charge in [-0.3, -0.25) is 4.68 Å². The zero-order valence-corrected chi connectivity index (χ0v) is 10.4. The van der Waals surface area contributed by atoms with Crippen molar-refractivity contribution in [3.8, 4) is 6.07 Å². The topological polar surface area (TPSA) is 66.5 Å². The van der Waals surface area contributed by atoms with Crippen LogP contribution in [0.15, 0.2) is 30.6 Å². The van der Waals surface area contributed by atoms with Gasteiger partial charge in [0.05, 0.1) is 24.4 Å². The second-order valence-electron chi connectivity index (χ2n) is 3.76. The van der Waals surface area contributed by atoms with Crippen LogP contribution in [-0.4, -0.2) is 21.5 Å². The van der Waals surface area contributed by atoms with Crippen LogP contribution < -0.4 is 5.32 Å². The van der Waals surface area contributed by atoms with Gasteiger partial charge >= 0.3 is 0 Å². The lowest BCUT2D eigenvalue weighted by Gasteiger charge is -2.06. The minimum absolute atomic E-state index is 0.575. The van der Waals surface area contributed by atoms with Gasteiger partial charge in [0.2, 0.25) is 0 Å². The fraction of sp³-hybridized carbons (Fsp3) is 0.250.